The van der Waals surface area contributed by atoms with Crippen molar-refractivity contribution in [2.75, 3.05) is 20.3 Å². The van der Waals surface area contributed by atoms with E-state index >= 15 is 0 Å². The van der Waals surface area contributed by atoms with E-state index in [1.807, 2.05) is 13.8 Å². The number of fused-ring (bicyclic) bond motifs is 1. The molecule has 0 N–H and O–H groups in total. The Morgan fingerprint density at radius 2 is 2.12 bits per heavy atom. The molecule has 0 aromatic carbocycles. The van der Waals surface area contributed by atoms with Gasteiger partial charge in [0.25, 0.3) is 0 Å². The number of hydrogen-bond donors (Lipinski definition) is 0. The fourth-order valence-corrected chi connectivity index (χ4v) is 2.23. The van der Waals surface area contributed by atoms with Gasteiger partial charge >= 0.3 is 0 Å². The number of methoxy groups -OCH3 is 1. The van der Waals surface area contributed by atoms with Crippen LogP contribution in [0.25, 0.3) is 0 Å². The first-order chi connectivity index (χ1) is 8.07. The van der Waals surface area contributed by atoms with Crippen molar-refractivity contribution in [1.82, 2.24) is 0 Å². The molecule has 2 heterocycles. The Balaban J connectivity index is 2.03. The fourth-order valence-electron chi connectivity index (χ4n) is 2.23. The Morgan fingerprint density at radius 3 is 2.76 bits per heavy atom. The van der Waals surface area contributed by atoms with E-state index in [0.29, 0.717) is 13.2 Å². The lowest BCUT2D eigenvalue weighted by atomic mass is 10.1. The van der Waals surface area contributed by atoms with E-state index in [0.717, 1.165) is 0 Å². The molecular formula is C12H20O5. The molecule has 0 aromatic heterocycles. The highest BCUT2D eigenvalue weighted by atomic mass is 16.8. The van der Waals surface area contributed by atoms with E-state index in [1.54, 1.807) is 13.2 Å². The molecule has 0 unspecified atom stereocenters. The van der Waals surface area contributed by atoms with Gasteiger partial charge in [0.05, 0.1) is 13.2 Å². The summed E-state index contributed by atoms with van der Waals surface area (Å²) in [5.41, 5.74) is 0. The van der Waals surface area contributed by atoms with Gasteiger partial charge in [-0.1, -0.05) is 6.08 Å². The number of ether oxygens (including phenoxy) is 5. The molecule has 17 heavy (non-hydrogen) atoms. The van der Waals surface area contributed by atoms with E-state index in [-0.39, 0.29) is 24.6 Å². The summed E-state index contributed by atoms with van der Waals surface area (Å²) >= 11 is 0. The molecule has 2 aliphatic rings. The quantitative estimate of drug-likeness (QED) is 0.677. The maximum atomic E-state index is 5.80. The minimum Gasteiger partial charge on any atom is -0.382 e. The molecule has 98 valence electrons. The van der Waals surface area contributed by atoms with Gasteiger partial charge in [-0.25, -0.2) is 0 Å². The average Bonchev–Trinajstić information content (AvgIpc) is 2.68. The second-order valence-electron chi connectivity index (χ2n) is 4.69. The Labute approximate surface area is 102 Å². The van der Waals surface area contributed by atoms with Crippen LogP contribution in [-0.4, -0.2) is 50.7 Å². The zero-order valence-corrected chi connectivity index (χ0v) is 10.5. The van der Waals surface area contributed by atoms with Gasteiger partial charge in [-0.2, -0.15) is 0 Å². The standard InChI is InChI=1S/C12H20O5/c1-5-6-14-9-8(7-13-4)15-11-10(9)16-12(2,3)17-11/h5,8-11H,1,6-7H2,2-4H3/t8-,9+,10-,11-/m1/s1. The van der Waals surface area contributed by atoms with Crippen molar-refractivity contribution in [1.29, 1.82) is 0 Å². The van der Waals surface area contributed by atoms with Crippen LogP contribution in [0.5, 0.6) is 0 Å². The minimum atomic E-state index is -0.622. The molecule has 0 aromatic rings. The van der Waals surface area contributed by atoms with Gasteiger partial charge < -0.3 is 23.7 Å². The largest absolute Gasteiger partial charge is 0.382 e. The van der Waals surface area contributed by atoms with Crippen molar-refractivity contribution >= 4 is 0 Å². The van der Waals surface area contributed by atoms with E-state index in [1.165, 1.54) is 0 Å². The smallest absolute Gasteiger partial charge is 0.190 e. The van der Waals surface area contributed by atoms with Crippen molar-refractivity contribution in [2.45, 2.75) is 44.2 Å². The van der Waals surface area contributed by atoms with Crippen molar-refractivity contribution < 1.29 is 23.7 Å². The van der Waals surface area contributed by atoms with Gasteiger partial charge in [0.15, 0.2) is 12.1 Å². The summed E-state index contributed by atoms with van der Waals surface area (Å²) in [4.78, 5) is 0. The molecule has 2 rings (SSSR count). The molecule has 2 fully saturated rings. The molecule has 0 amide bonds. The maximum absolute atomic E-state index is 5.80. The van der Waals surface area contributed by atoms with Crippen molar-refractivity contribution in [3.63, 3.8) is 0 Å². The molecule has 5 heteroatoms. The molecule has 4 atom stereocenters. The van der Waals surface area contributed by atoms with Crippen molar-refractivity contribution in [2.24, 2.45) is 0 Å². The van der Waals surface area contributed by atoms with Crippen LogP contribution in [0, 0.1) is 0 Å². The summed E-state index contributed by atoms with van der Waals surface area (Å²) in [6.07, 6.45) is 0.786. The minimum absolute atomic E-state index is 0.161. The third-order valence-electron chi connectivity index (χ3n) is 2.82. The average molecular weight is 244 g/mol. The molecule has 0 radical (unpaired) electrons. The van der Waals surface area contributed by atoms with Crippen LogP contribution in [-0.2, 0) is 23.7 Å². The number of hydrogen-bond acceptors (Lipinski definition) is 5. The third-order valence-corrected chi connectivity index (χ3v) is 2.82. The lowest BCUT2D eigenvalue weighted by molar-refractivity contribution is -0.222. The second-order valence-corrected chi connectivity index (χ2v) is 4.69. The van der Waals surface area contributed by atoms with E-state index < -0.39 is 5.79 Å². The normalized spacial score (nSPS) is 39.2. The van der Waals surface area contributed by atoms with Crippen LogP contribution in [0.3, 0.4) is 0 Å². The van der Waals surface area contributed by atoms with Crippen LogP contribution in [0.1, 0.15) is 13.8 Å². The van der Waals surface area contributed by atoms with Crippen LogP contribution in [0.2, 0.25) is 0 Å². The summed E-state index contributed by atoms with van der Waals surface area (Å²) < 4.78 is 28.0. The molecule has 0 bridgehead atoms. The topological polar surface area (TPSA) is 46.2 Å². The first kappa shape index (κ1) is 13.0. The van der Waals surface area contributed by atoms with Crippen LogP contribution < -0.4 is 0 Å². The Morgan fingerprint density at radius 1 is 1.35 bits per heavy atom. The number of rotatable bonds is 5. The molecule has 0 spiro atoms. The van der Waals surface area contributed by atoms with Gasteiger partial charge in [-0.05, 0) is 13.8 Å². The van der Waals surface area contributed by atoms with Gasteiger partial charge in [-0.3, -0.25) is 0 Å². The lowest BCUT2D eigenvalue weighted by Gasteiger charge is -2.25. The summed E-state index contributed by atoms with van der Waals surface area (Å²) in [6, 6.07) is 0. The highest BCUT2D eigenvalue weighted by molar-refractivity contribution is 4.94. The summed E-state index contributed by atoms with van der Waals surface area (Å²) in [7, 11) is 1.63. The van der Waals surface area contributed by atoms with Crippen LogP contribution in [0.4, 0.5) is 0 Å². The fraction of sp³-hybridized carbons (Fsp3) is 0.833. The van der Waals surface area contributed by atoms with Gasteiger partial charge in [0.2, 0.25) is 0 Å². The van der Waals surface area contributed by atoms with Gasteiger partial charge in [-0.15, -0.1) is 6.58 Å². The first-order valence-corrected chi connectivity index (χ1v) is 5.80. The van der Waals surface area contributed by atoms with Gasteiger partial charge in [0, 0.05) is 7.11 Å². The Bertz CT molecular complexity index is 278. The molecule has 0 saturated carbocycles. The van der Waals surface area contributed by atoms with E-state index in [4.69, 9.17) is 23.7 Å². The molecule has 2 saturated heterocycles. The van der Waals surface area contributed by atoms with Crippen LogP contribution in [0.15, 0.2) is 12.7 Å². The lowest BCUT2D eigenvalue weighted by Crippen LogP contribution is -2.38. The van der Waals surface area contributed by atoms with Crippen LogP contribution >= 0.6 is 0 Å². The summed E-state index contributed by atoms with van der Waals surface area (Å²) in [6.45, 7) is 8.29. The maximum Gasteiger partial charge on any atom is 0.190 e. The zero-order chi connectivity index (χ0) is 12.5. The van der Waals surface area contributed by atoms with Gasteiger partial charge in [0.1, 0.15) is 18.3 Å². The summed E-state index contributed by atoms with van der Waals surface area (Å²) in [5, 5.41) is 0. The Hall–Kier alpha value is -0.460. The predicted octanol–water partition coefficient (Wildman–Crippen LogP) is 1.08. The third kappa shape index (κ3) is 2.69. The highest BCUT2D eigenvalue weighted by Crippen LogP contribution is 2.38. The second kappa shape index (κ2) is 5.04. The van der Waals surface area contributed by atoms with E-state index in [2.05, 4.69) is 6.58 Å². The monoisotopic (exact) mass is 244 g/mol. The van der Waals surface area contributed by atoms with Crippen molar-refractivity contribution in [3.05, 3.63) is 12.7 Å². The SMILES string of the molecule is C=CCO[C@@H]1[C@H]2OC(C)(C)O[C@H]2O[C@@H]1COC. The zero-order valence-electron chi connectivity index (χ0n) is 10.5. The molecule has 5 nitrogen and oxygen atoms in total. The summed E-state index contributed by atoms with van der Waals surface area (Å²) in [5.74, 6) is -0.622. The molecular weight excluding hydrogens is 224 g/mol. The van der Waals surface area contributed by atoms with Crippen molar-refractivity contribution in [3.8, 4) is 0 Å². The Kier molecular flexibility index (Phi) is 3.85. The first-order valence-electron chi connectivity index (χ1n) is 5.80. The predicted molar refractivity (Wildman–Crippen MR) is 60.5 cm³/mol. The highest BCUT2D eigenvalue weighted by Gasteiger charge is 2.55. The molecule has 0 aliphatic carbocycles. The molecule has 2 aliphatic heterocycles. The van der Waals surface area contributed by atoms with E-state index in [9.17, 15) is 0 Å².